The number of nitrogens with one attached hydrogen (secondary N) is 2. The molecule has 2 aromatic rings. The Morgan fingerprint density at radius 2 is 2.09 bits per heavy atom. The van der Waals surface area contributed by atoms with Crippen LogP contribution in [-0.2, 0) is 19.5 Å². The standard InChI is InChI=1S/C17H19N3O2S/c1-2-9-22-13-5-3-12(4-6-13)10-20-8-7-15-14(11-20)16(21)19-17(23)18-15/h2-6H,1,7-11H2,(H2,18,19,21,23). The monoisotopic (exact) mass is 329 g/mol. The SMILES string of the molecule is C=CCOc1ccc(CN2CCc3[nH]c(=S)[nH]c(=O)c3C2)cc1. The molecule has 0 amide bonds. The van der Waals surface area contributed by atoms with Crippen LogP contribution in [0.4, 0.5) is 0 Å². The first-order valence-corrected chi connectivity index (χ1v) is 7.96. The van der Waals surface area contributed by atoms with Gasteiger partial charge in [0.15, 0.2) is 4.77 Å². The van der Waals surface area contributed by atoms with Gasteiger partial charge in [-0.25, -0.2) is 0 Å². The molecule has 5 nitrogen and oxygen atoms in total. The van der Waals surface area contributed by atoms with Crippen LogP contribution in [0.3, 0.4) is 0 Å². The zero-order valence-corrected chi connectivity index (χ0v) is 13.6. The number of H-pyrrole nitrogens is 2. The van der Waals surface area contributed by atoms with E-state index in [9.17, 15) is 4.79 Å². The number of rotatable bonds is 5. The van der Waals surface area contributed by atoms with E-state index >= 15 is 0 Å². The van der Waals surface area contributed by atoms with Crippen molar-refractivity contribution in [3.05, 3.63) is 68.9 Å². The smallest absolute Gasteiger partial charge is 0.256 e. The number of aromatic amines is 2. The molecule has 0 saturated heterocycles. The van der Waals surface area contributed by atoms with Gasteiger partial charge in [-0.3, -0.25) is 14.7 Å². The Hall–Kier alpha value is -2.18. The van der Waals surface area contributed by atoms with Crippen LogP contribution in [0.1, 0.15) is 16.8 Å². The topological polar surface area (TPSA) is 61.1 Å². The number of hydrogen-bond donors (Lipinski definition) is 2. The maximum Gasteiger partial charge on any atom is 0.256 e. The molecule has 3 rings (SSSR count). The summed E-state index contributed by atoms with van der Waals surface area (Å²) in [6.07, 6.45) is 2.53. The number of hydrogen-bond acceptors (Lipinski definition) is 4. The number of nitrogens with zero attached hydrogens (tertiary/aromatic N) is 1. The summed E-state index contributed by atoms with van der Waals surface area (Å²) in [7, 11) is 0. The summed E-state index contributed by atoms with van der Waals surface area (Å²) in [5, 5.41) is 0. The summed E-state index contributed by atoms with van der Waals surface area (Å²) in [6.45, 7) is 6.47. The highest BCUT2D eigenvalue weighted by atomic mass is 32.1. The van der Waals surface area contributed by atoms with Crippen LogP contribution >= 0.6 is 12.2 Å². The van der Waals surface area contributed by atoms with Crippen LogP contribution in [0.2, 0.25) is 0 Å². The maximum atomic E-state index is 12.0. The molecule has 1 aliphatic rings. The lowest BCUT2D eigenvalue weighted by Crippen LogP contribution is -2.35. The number of aromatic nitrogens is 2. The summed E-state index contributed by atoms with van der Waals surface area (Å²) >= 11 is 5.02. The number of benzene rings is 1. The van der Waals surface area contributed by atoms with E-state index in [1.807, 2.05) is 12.1 Å². The molecule has 1 aromatic carbocycles. The van der Waals surface area contributed by atoms with E-state index in [1.54, 1.807) is 6.08 Å². The predicted octanol–water partition coefficient (Wildman–Crippen LogP) is 2.56. The summed E-state index contributed by atoms with van der Waals surface area (Å²) in [5.41, 5.74) is 2.86. The predicted molar refractivity (Wildman–Crippen MR) is 92.2 cm³/mol. The molecule has 23 heavy (non-hydrogen) atoms. The largest absolute Gasteiger partial charge is 0.490 e. The second-order valence-corrected chi connectivity index (χ2v) is 5.98. The van der Waals surface area contributed by atoms with E-state index in [-0.39, 0.29) is 5.56 Å². The normalized spacial score (nSPS) is 14.3. The van der Waals surface area contributed by atoms with Crippen molar-refractivity contribution in [2.24, 2.45) is 0 Å². The van der Waals surface area contributed by atoms with Gasteiger partial charge in [0.2, 0.25) is 0 Å². The maximum absolute atomic E-state index is 12.0. The van der Waals surface area contributed by atoms with Crippen LogP contribution < -0.4 is 10.3 Å². The molecule has 1 aliphatic heterocycles. The van der Waals surface area contributed by atoms with Gasteiger partial charge in [-0.2, -0.15) is 0 Å². The lowest BCUT2D eigenvalue weighted by molar-refractivity contribution is 0.241. The van der Waals surface area contributed by atoms with Crippen molar-refractivity contribution < 1.29 is 4.74 Å². The Bertz CT molecular complexity index is 808. The van der Waals surface area contributed by atoms with Gasteiger partial charge in [0.1, 0.15) is 12.4 Å². The number of fused-ring (bicyclic) bond motifs is 1. The van der Waals surface area contributed by atoms with Crippen molar-refractivity contribution in [3.63, 3.8) is 0 Å². The first-order valence-electron chi connectivity index (χ1n) is 7.55. The minimum Gasteiger partial charge on any atom is -0.490 e. The van der Waals surface area contributed by atoms with Gasteiger partial charge in [0.05, 0.1) is 5.56 Å². The molecule has 2 N–H and O–H groups in total. The lowest BCUT2D eigenvalue weighted by Gasteiger charge is -2.27. The Balaban J connectivity index is 1.68. The Labute approximate surface area is 139 Å². The van der Waals surface area contributed by atoms with E-state index in [0.29, 0.717) is 17.9 Å². The highest BCUT2D eigenvalue weighted by Crippen LogP contribution is 2.18. The minimum absolute atomic E-state index is 0.0818. The van der Waals surface area contributed by atoms with Crippen molar-refractivity contribution in [2.45, 2.75) is 19.5 Å². The van der Waals surface area contributed by atoms with E-state index in [4.69, 9.17) is 17.0 Å². The quantitative estimate of drug-likeness (QED) is 0.654. The molecule has 0 spiro atoms. The number of ether oxygens (including phenoxy) is 1. The molecule has 120 valence electrons. The average molecular weight is 329 g/mol. The van der Waals surface area contributed by atoms with E-state index in [0.717, 1.165) is 36.5 Å². The lowest BCUT2D eigenvalue weighted by atomic mass is 10.1. The molecule has 0 fully saturated rings. The molecule has 2 heterocycles. The van der Waals surface area contributed by atoms with Crippen LogP contribution in [-0.4, -0.2) is 28.0 Å². The van der Waals surface area contributed by atoms with Gasteiger partial charge in [-0.05, 0) is 29.9 Å². The van der Waals surface area contributed by atoms with Gasteiger partial charge in [0, 0.05) is 31.7 Å². The highest BCUT2D eigenvalue weighted by Gasteiger charge is 2.19. The summed E-state index contributed by atoms with van der Waals surface area (Å²) in [5.74, 6) is 0.835. The Morgan fingerprint density at radius 3 is 2.83 bits per heavy atom. The van der Waals surface area contributed by atoms with Crippen molar-refractivity contribution >= 4 is 12.2 Å². The zero-order valence-electron chi connectivity index (χ0n) is 12.8. The van der Waals surface area contributed by atoms with E-state index < -0.39 is 0 Å². The van der Waals surface area contributed by atoms with Crippen LogP contribution in [0, 0.1) is 4.77 Å². The molecule has 0 bridgehead atoms. The van der Waals surface area contributed by atoms with Crippen molar-refractivity contribution in [2.75, 3.05) is 13.2 Å². The third-order valence-electron chi connectivity index (χ3n) is 3.89. The first kappa shape index (κ1) is 15.7. The molecule has 6 heteroatoms. The van der Waals surface area contributed by atoms with Crippen LogP contribution in [0.5, 0.6) is 5.75 Å². The third kappa shape index (κ3) is 3.78. The van der Waals surface area contributed by atoms with Crippen molar-refractivity contribution in [1.82, 2.24) is 14.9 Å². The first-order chi connectivity index (χ1) is 11.2. The second kappa shape index (κ2) is 6.93. The minimum atomic E-state index is -0.0818. The fourth-order valence-corrected chi connectivity index (χ4v) is 2.97. The summed E-state index contributed by atoms with van der Waals surface area (Å²) in [6, 6.07) is 8.02. The highest BCUT2D eigenvalue weighted by molar-refractivity contribution is 7.71. The molecule has 0 aliphatic carbocycles. The van der Waals surface area contributed by atoms with Gasteiger partial charge in [0.25, 0.3) is 5.56 Å². The van der Waals surface area contributed by atoms with E-state index in [2.05, 4.69) is 33.6 Å². The second-order valence-electron chi connectivity index (χ2n) is 5.57. The molecule has 0 atom stereocenters. The Kier molecular flexibility index (Phi) is 4.73. The van der Waals surface area contributed by atoms with Crippen molar-refractivity contribution in [1.29, 1.82) is 0 Å². The van der Waals surface area contributed by atoms with Gasteiger partial charge < -0.3 is 9.72 Å². The van der Waals surface area contributed by atoms with E-state index in [1.165, 1.54) is 5.56 Å². The Morgan fingerprint density at radius 1 is 1.30 bits per heavy atom. The van der Waals surface area contributed by atoms with Gasteiger partial charge in [-0.15, -0.1) is 0 Å². The molecular weight excluding hydrogens is 310 g/mol. The van der Waals surface area contributed by atoms with Crippen molar-refractivity contribution in [3.8, 4) is 5.75 Å². The summed E-state index contributed by atoms with van der Waals surface area (Å²) < 4.78 is 5.88. The van der Waals surface area contributed by atoms with Gasteiger partial charge >= 0.3 is 0 Å². The van der Waals surface area contributed by atoms with Crippen LogP contribution in [0.25, 0.3) is 0 Å². The van der Waals surface area contributed by atoms with Crippen LogP contribution in [0.15, 0.2) is 41.7 Å². The fourth-order valence-electron chi connectivity index (χ4n) is 2.75. The molecule has 0 saturated carbocycles. The molecule has 1 aromatic heterocycles. The molecular formula is C17H19N3O2S. The third-order valence-corrected chi connectivity index (χ3v) is 4.09. The van der Waals surface area contributed by atoms with Gasteiger partial charge in [-0.1, -0.05) is 24.8 Å². The molecule has 0 radical (unpaired) electrons. The fraction of sp³-hybridized carbons (Fsp3) is 0.294. The zero-order chi connectivity index (χ0) is 16.2. The summed E-state index contributed by atoms with van der Waals surface area (Å²) in [4.78, 5) is 20.0. The average Bonchev–Trinajstić information content (AvgIpc) is 2.55. The molecule has 0 unspecified atom stereocenters.